The minimum absolute atomic E-state index is 0.220. The van der Waals surface area contributed by atoms with E-state index in [0.717, 1.165) is 30.7 Å². The lowest BCUT2D eigenvalue weighted by Gasteiger charge is -2.44. The maximum absolute atomic E-state index is 10.1. The lowest BCUT2D eigenvalue weighted by atomic mass is 9.60. The molecule has 0 radical (unpaired) electrons. The van der Waals surface area contributed by atoms with Crippen molar-refractivity contribution in [1.29, 1.82) is 0 Å². The Morgan fingerprint density at radius 2 is 1.90 bits per heavy atom. The van der Waals surface area contributed by atoms with E-state index in [9.17, 15) is 20.4 Å². The zero-order valence-corrected chi connectivity index (χ0v) is 20.0. The summed E-state index contributed by atoms with van der Waals surface area (Å²) in [5.41, 5.74) is 2.80. The van der Waals surface area contributed by atoms with Crippen LogP contribution in [-0.4, -0.2) is 26.0 Å². The van der Waals surface area contributed by atoms with Crippen LogP contribution in [0.25, 0.3) is 0 Å². The molecule has 4 nitrogen and oxygen atoms in total. The summed E-state index contributed by atoms with van der Waals surface area (Å²) in [6.45, 7) is 10.5. The number of fused-ring (bicyclic) bond motifs is 1. The van der Waals surface area contributed by atoms with Crippen LogP contribution >= 0.6 is 0 Å². The van der Waals surface area contributed by atoms with Gasteiger partial charge in [0.15, 0.2) is 11.5 Å². The number of aliphatic hydroxyl groups is 1. The molecule has 174 valence electrons. The number of aromatic hydroxyl groups is 3. The number of rotatable bonds is 7. The van der Waals surface area contributed by atoms with Gasteiger partial charge in [-0.1, -0.05) is 38.3 Å². The summed E-state index contributed by atoms with van der Waals surface area (Å²) < 4.78 is 0. The fourth-order valence-electron chi connectivity index (χ4n) is 6.56. The highest BCUT2D eigenvalue weighted by molar-refractivity contribution is 5.56. The molecule has 0 saturated heterocycles. The molecule has 2 saturated carbocycles. The van der Waals surface area contributed by atoms with E-state index in [1.54, 1.807) is 13.0 Å². The van der Waals surface area contributed by atoms with Gasteiger partial charge in [-0.05, 0) is 106 Å². The van der Waals surface area contributed by atoms with Crippen LogP contribution in [0.1, 0.15) is 90.2 Å². The summed E-state index contributed by atoms with van der Waals surface area (Å²) in [5.74, 6) is 1.10. The van der Waals surface area contributed by atoms with Gasteiger partial charge in [0.25, 0.3) is 0 Å². The van der Waals surface area contributed by atoms with E-state index in [-0.39, 0.29) is 11.5 Å². The van der Waals surface area contributed by atoms with Crippen LogP contribution < -0.4 is 0 Å². The zero-order valence-electron chi connectivity index (χ0n) is 20.0. The second kappa shape index (κ2) is 9.05. The van der Waals surface area contributed by atoms with Crippen LogP contribution in [0.3, 0.4) is 0 Å². The average Bonchev–Trinajstić information content (AvgIpc) is 3.04. The summed E-state index contributed by atoms with van der Waals surface area (Å²) >= 11 is 0. The number of phenolic OH excluding ortho intramolecular Hbond substituents is 3. The molecule has 0 aliphatic heterocycles. The molecule has 3 rings (SSSR count). The first kappa shape index (κ1) is 24.0. The topological polar surface area (TPSA) is 80.9 Å². The number of hydrogen-bond acceptors (Lipinski definition) is 4. The number of phenols is 3. The van der Waals surface area contributed by atoms with Crippen LogP contribution in [-0.2, 0) is 6.42 Å². The maximum atomic E-state index is 10.1. The molecule has 2 fully saturated rings. The van der Waals surface area contributed by atoms with E-state index in [2.05, 4.69) is 19.9 Å². The Labute approximate surface area is 188 Å². The first-order valence-corrected chi connectivity index (χ1v) is 12.1. The monoisotopic (exact) mass is 430 g/mol. The minimum atomic E-state index is -0.572. The van der Waals surface area contributed by atoms with Crippen molar-refractivity contribution < 1.29 is 20.4 Å². The fourth-order valence-corrected chi connectivity index (χ4v) is 6.56. The Bertz CT molecular complexity index is 820. The molecule has 31 heavy (non-hydrogen) atoms. The number of benzene rings is 1. The number of allylic oxidation sites excluding steroid dienone is 2. The molecule has 0 amide bonds. The molecule has 1 aromatic carbocycles. The van der Waals surface area contributed by atoms with Crippen molar-refractivity contribution in [2.24, 2.45) is 23.2 Å². The van der Waals surface area contributed by atoms with E-state index in [1.165, 1.54) is 37.7 Å². The van der Waals surface area contributed by atoms with Crippen LogP contribution in [0, 0.1) is 30.1 Å². The molecule has 0 spiro atoms. The van der Waals surface area contributed by atoms with Crippen LogP contribution in [0.15, 0.2) is 17.7 Å². The summed E-state index contributed by atoms with van der Waals surface area (Å²) in [5, 5.41) is 39.8. The molecule has 4 atom stereocenters. The van der Waals surface area contributed by atoms with Crippen molar-refractivity contribution in [3.05, 3.63) is 28.8 Å². The molecule has 1 aromatic rings. The maximum Gasteiger partial charge on any atom is 0.200 e. The molecule has 1 unspecified atom stereocenters. The van der Waals surface area contributed by atoms with Gasteiger partial charge in [0.2, 0.25) is 5.75 Å². The molecule has 4 heteroatoms. The standard InChI is InChI=1S/C27H42O4/c1-17(8-6-14-26(3,4)31)21-12-13-22-19(9-7-15-27(21,22)5)10-11-20-16-23(28)25(30)24(29)18(20)2/h10,16-17,21-22,28-31H,6-9,11-15H2,1-5H3/t17-,21-,22?,27-/m1/s1. The summed E-state index contributed by atoms with van der Waals surface area (Å²) in [7, 11) is 0. The second-order valence-corrected chi connectivity index (χ2v) is 11.1. The Morgan fingerprint density at radius 1 is 1.19 bits per heavy atom. The highest BCUT2D eigenvalue weighted by atomic mass is 16.3. The zero-order chi connectivity index (χ0) is 23.0. The van der Waals surface area contributed by atoms with E-state index in [1.807, 2.05) is 13.8 Å². The molecule has 0 heterocycles. The largest absolute Gasteiger partial charge is 0.504 e. The lowest BCUT2D eigenvalue weighted by Crippen LogP contribution is -2.36. The smallest absolute Gasteiger partial charge is 0.200 e. The lowest BCUT2D eigenvalue weighted by molar-refractivity contribution is 0.0596. The van der Waals surface area contributed by atoms with Gasteiger partial charge in [-0.3, -0.25) is 0 Å². The highest BCUT2D eigenvalue weighted by Crippen LogP contribution is 2.60. The summed E-state index contributed by atoms with van der Waals surface area (Å²) in [6.07, 6.45) is 12.3. The molecule has 0 bridgehead atoms. The van der Waals surface area contributed by atoms with E-state index >= 15 is 0 Å². The molecule has 2 aliphatic rings. The van der Waals surface area contributed by atoms with Gasteiger partial charge in [0.05, 0.1) is 5.60 Å². The third kappa shape index (κ3) is 5.05. The first-order chi connectivity index (χ1) is 14.4. The normalized spacial score (nSPS) is 28.6. The van der Waals surface area contributed by atoms with Crippen molar-refractivity contribution in [3.8, 4) is 17.2 Å². The van der Waals surface area contributed by atoms with Crippen molar-refractivity contribution in [2.75, 3.05) is 0 Å². The summed E-state index contributed by atoms with van der Waals surface area (Å²) in [4.78, 5) is 0. The van der Waals surface area contributed by atoms with Gasteiger partial charge in [-0.15, -0.1) is 0 Å². The van der Waals surface area contributed by atoms with Crippen LogP contribution in [0.4, 0.5) is 0 Å². The number of hydrogen-bond donors (Lipinski definition) is 4. The van der Waals surface area contributed by atoms with Gasteiger partial charge in [-0.25, -0.2) is 0 Å². The SMILES string of the molecule is Cc1c(CC=C2CCC[C@@]3(C)C2CC[C@@H]3[C@H](C)CCCC(C)(C)O)cc(O)c(O)c1O. The molecular weight excluding hydrogens is 388 g/mol. The highest BCUT2D eigenvalue weighted by Gasteiger charge is 2.50. The van der Waals surface area contributed by atoms with E-state index < -0.39 is 11.4 Å². The van der Waals surface area contributed by atoms with Crippen molar-refractivity contribution in [2.45, 2.75) is 98.0 Å². The van der Waals surface area contributed by atoms with Gasteiger partial charge in [0.1, 0.15) is 0 Å². The fraction of sp³-hybridized carbons (Fsp3) is 0.704. The van der Waals surface area contributed by atoms with Gasteiger partial charge in [0, 0.05) is 0 Å². The van der Waals surface area contributed by atoms with Gasteiger partial charge < -0.3 is 20.4 Å². The molecular formula is C27H42O4. The van der Waals surface area contributed by atoms with Crippen molar-refractivity contribution in [3.63, 3.8) is 0 Å². The molecule has 2 aliphatic carbocycles. The molecule has 4 N–H and O–H groups in total. The van der Waals surface area contributed by atoms with Gasteiger partial charge in [-0.2, -0.15) is 0 Å². The Balaban J connectivity index is 1.72. The quantitative estimate of drug-likeness (QED) is 0.299. The Morgan fingerprint density at radius 3 is 2.58 bits per heavy atom. The third-order valence-electron chi connectivity index (χ3n) is 8.37. The predicted molar refractivity (Wildman–Crippen MR) is 125 cm³/mol. The Kier molecular flexibility index (Phi) is 7.00. The summed E-state index contributed by atoms with van der Waals surface area (Å²) in [6, 6.07) is 1.58. The first-order valence-electron chi connectivity index (χ1n) is 12.1. The second-order valence-electron chi connectivity index (χ2n) is 11.1. The van der Waals surface area contributed by atoms with Crippen LogP contribution in [0.5, 0.6) is 17.2 Å². The van der Waals surface area contributed by atoms with E-state index in [4.69, 9.17) is 0 Å². The van der Waals surface area contributed by atoms with Crippen LogP contribution in [0.2, 0.25) is 0 Å². The van der Waals surface area contributed by atoms with Gasteiger partial charge >= 0.3 is 0 Å². The average molecular weight is 431 g/mol. The van der Waals surface area contributed by atoms with Crippen molar-refractivity contribution in [1.82, 2.24) is 0 Å². The third-order valence-corrected chi connectivity index (χ3v) is 8.37. The molecule has 0 aromatic heterocycles. The van der Waals surface area contributed by atoms with E-state index in [0.29, 0.717) is 29.2 Å². The Hall–Kier alpha value is -1.68. The van der Waals surface area contributed by atoms with Crippen molar-refractivity contribution >= 4 is 0 Å². The minimum Gasteiger partial charge on any atom is -0.504 e. The predicted octanol–water partition coefficient (Wildman–Crippen LogP) is 6.37.